The van der Waals surface area contributed by atoms with E-state index in [9.17, 15) is 0 Å². The van der Waals surface area contributed by atoms with Crippen molar-refractivity contribution in [1.82, 2.24) is 0 Å². The largest absolute Gasteiger partial charge is 0.399 e. The molecule has 0 spiro atoms. The third kappa shape index (κ3) is 1.79. The fourth-order valence-electron chi connectivity index (χ4n) is 1.63. The Balaban J connectivity index is 2.18. The van der Waals surface area contributed by atoms with E-state index >= 15 is 0 Å². The molecule has 14 heavy (non-hydrogen) atoms. The molecule has 0 aliphatic heterocycles. The second kappa shape index (κ2) is 3.58. The quantitative estimate of drug-likeness (QED) is 0.660. The van der Waals surface area contributed by atoms with Crippen LogP contribution in [0.4, 0.5) is 5.69 Å². The van der Waals surface area contributed by atoms with E-state index in [1.165, 1.54) is 5.56 Å². The van der Waals surface area contributed by atoms with Crippen molar-refractivity contribution in [1.29, 1.82) is 0 Å². The number of nitrogens with two attached hydrogens (primary N) is 2. The molecule has 72 valence electrons. The number of hydrogen-bond donors (Lipinski definition) is 2. The van der Waals surface area contributed by atoms with Crippen LogP contribution in [0.2, 0.25) is 0 Å². The second-order valence-corrected chi connectivity index (χ2v) is 3.57. The monoisotopic (exact) mass is 186 g/mol. The van der Waals surface area contributed by atoms with Crippen LogP contribution in [0, 0.1) is 0 Å². The summed E-state index contributed by atoms with van der Waals surface area (Å²) in [5, 5.41) is 0. The first-order valence-corrected chi connectivity index (χ1v) is 4.75. The summed E-state index contributed by atoms with van der Waals surface area (Å²) < 4.78 is 0. The summed E-state index contributed by atoms with van der Waals surface area (Å²) in [7, 11) is 0. The predicted molar refractivity (Wildman–Crippen MR) is 59.6 cm³/mol. The van der Waals surface area contributed by atoms with Crippen molar-refractivity contribution in [2.75, 3.05) is 5.73 Å². The molecule has 0 saturated carbocycles. The lowest BCUT2D eigenvalue weighted by Gasteiger charge is -2.14. The number of allylic oxidation sites excluding steroid dienone is 3. The summed E-state index contributed by atoms with van der Waals surface area (Å²) in [6.45, 7) is 0. The number of benzene rings is 1. The van der Waals surface area contributed by atoms with Crippen molar-refractivity contribution in [3.63, 3.8) is 0 Å². The summed E-state index contributed by atoms with van der Waals surface area (Å²) in [5.74, 6) is 0.447. The van der Waals surface area contributed by atoms with Crippen LogP contribution in [0.25, 0.3) is 0 Å². The molecular weight excluding hydrogens is 172 g/mol. The van der Waals surface area contributed by atoms with Crippen LogP contribution in [0.15, 0.2) is 48.2 Å². The van der Waals surface area contributed by atoms with Gasteiger partial charge in [-0.3, -0.25) is 0 Å². The third-order valence-electron chi connectivity index (χ3n) is 2.49. The Bertz CT molecular complexity index is 374. The molecule has 1 aliphatic rings. The van der Waals surface area contributed by atoms with Crippen molar-refractivity contribution in [2.24, 2.45) is 5.73 Å². The first-order chi connectivity index (χ1) is 6.75. The van der Waals surface area contributed by atoms with E-state index in [1.54, 1.807) is 0 Å². The summed E-state index contributed by atoms with van der Waals surface area (Å²) in [6, 6.07) is 8.01. The molecule has 1 aliphatic carbocycles. The van der Waals surface area contributed by atoms with Crippen LogP contribution in [-0.2, 0) is 0 Å². The molecule has 1 atom stereocenters. The van der Waals surface area contributed by atoms with Crippen LogP contribution in [0.3, 0.4) is 0 Å². The van der Waals surface area contributed by atoms with Gasteiger partial charge in [-0.2, -0.15) is 0 Å². The van der Waals surface area contributed by atoms with E-state index in [4.69, 9.17) is 11.5 Å². The Morgan fingerprint density at radius 1 is 1.07 bits per heavy atom. The summed E-state index contributed by atoms with van der Waals surface area (Å²) in [6.07, 6.45) is 7.14. The summed E-state index contributed by atoms with van der Waals surface area (Å²) >= 11 is 0. The Kier molecular flexibility index (Phi) is 2.27. The molecule has 1 unspecified atom stereocenters. The SMILES string of the molecule is NC1=CCC(c2ccc(N)cc2)C=C1. The smallest absolute Gasteiger partial charge is 0.0314 e. The highest BCUT2D eigenvalue weighted by molar-refractivity contribution is 5.42. The second-order valence-electron chi connectivity index (χ2n) is 3.57. The van der Waals surface area contributed by atoms with Gasteiger partial charge in [0.15, 0.2) is 0 Å². The van der Waals surface area contributed by atoms with Crippen LogP contribution in [-0.4, -0.2) is 0 Å². The van der Waals surface area contributed by atoms with E-state index in [-0.39, 0.29) is 0 Å². The van der Waals surface area contributed by atoms with Gasteiger partial charge in [-0.05, 0) is 30.2 Å². The number of hydrogen-bond acceptors (Lipinski definition) is 2. The minimum Gasteiger partial charge on any atom is -0.399 e. The van der Waals surface area contributed by atoms with Gasteiger partial charge in [0.25, 0.3) is 0 Å². The van der Waals surface area contributed by atoms with Gasteiger partial charge in [-0.25, -0.2) is 0 Å². The Morgan fingerprint density at radius 2 is 1.79 bits per heavy atom. The number of anilines is 1. The lowest BCUT2D eigenvalue weighted by atomic mass is 9.92. The molecule has 1 aromatic carbocycles. The van der Waals surface area contributed by atoms with Crippen LogP contribution < -0.4 is 11.5 Å². The zero-order valence-electron chi connectivity index (χ0n) is 7.98. The maximum atomic E-state index is 5.65. The Labute approximate surface area is 83.9 Å². The van der Waals surface area contributed by atoms with Gasteiger partial charge in [-0.1, -0.05) is 24.3 Å². The lowest BCUT2D eigenvalue weighted by Crippen LogP contribution is -2.03. The molecule has 0 radical (unpaired) electrons. The van der Waals surface area contributed by atoms with Gasteiger partial charge in [0, 0.05) is 17.3 Å². The van der Waals surface area contributed by atoms with Gasteiger partial charge in [0.1, 0.15) is 0 Å². The maximum absolute atomic E-state index is 5.65. The summed E-state index contributed by atoms with van der Waals surface area (Å²) in [4.78, 5) is 0. The van der Waals surface area contributed by atoms with Crippen LogP contribution in [0.1, 0.15) is 17.9 Å². The van der Waals surface area contributed by atoms with Crippen molar-refractivity contribution >= 4 is 5.69 Å². The minimum atomic E-state index is 0.447. The molecule has 2 rings (SSSR count). The zero-order valence-corrected chi connectivity index (χ0v) is 7.98. The molecule has 0 heterocycles. The standard InChI is InChI=1S/C12H14N2/c13-11-5-1-9(2-6-11)10-3-7-12(14)8-4-10/h1-3,5-8,10H,4,13-14H2. The van der Waals surface area contributed by atoms with E-state index in [2.05, 4.69) is 24.3 Å². The topological polar surface area (TPSA) is 52.0 Å². The number of nitrogen functional groups attached to an aromatic ring is 1. The maximum Gasteiger partial charge on any atom is 0.0314 e. The van der Waals surface area contributed by atoms with Gasteiger partial charge in [0.2, 0.25) is 0 Å². The van der Waals surface area contributed by atoms with Gasteiger partial charge < -0.3 is 11.5 Å². The molecule has 0 aromatic heterocycles. The lowest BCUT2D eigenvalue weighted by molar-refractivity contribution is 0.843. The molecule has 2 nitrogen and oxygen atoms in total. The molecule has 4 N–H and O–H groups in total. The fourth-order valence-corrected chi connectivity index (χ4v) is 1.63. The molecule has 0 amide bonds. The van der Waals surface area contributed by atoms with E-state index in [1.807, 2.05) is 18.2 Å². The van der Waals surface area contributed by atoms with Crippen LogP contribution >= 0.6 is 0 Å². The molecule has 0 bridgehead atoms. The average Bonchev–Trinajstić information content (AvgIpc) is 2.21. The van der Waals surface area contributed by atoms with Gasteiger partial charge in [-0.15, -0.1) is 0 Å². The Morgan fingerprint density at radius 3 is 2.36 bits per heavy atom. The normalized spacial score (nSPS) is 20.6. The summed E-state index contributed by atoms with van der Waals surface area (Å²) in [5.41, 5.74) is 14.2. The molecular formula is C12H14N2. The van der Waals surface area contributed by atoms with Gasteiger partial charge >= 0.3 is 0 Å². The molecule has 1 aromatic rings. The van der Waals surface area contributed by atoms with Crippen molar-refractivity contribution < 1.29 is 0 Å². The first-order valence-electron chi connectivity index (χ1n) is 4.75. The van der Waals surface area contributed by atoms with E-state index < -0.39 is 0 Å². The molecule has 0 saturated heterocycles. The van der Waals surface area contributed by atoms with Crippen LogP contribution in [0.5, 0.6) is 0 Å². The predicted octanol–water partition coefficient (Wildman–Crippen LogP) is 2.15. The third-order valence-corrected chi connectivity index (χ3v) is 2.49. The minimum absolute atomic E-state index is 0.447. The zero-order chi connectivity index (χ0) is 9.97. The first kappa shape index (κ1) is 8.88. The highest BCUT2D eigenvalue weighted by Crippen LogP contribution is 2.25. The van der Waals surface area contributed by atoms with Crippen molar-refractivity contribution in [3.05, 3.63) is 53.8 Å². The highest BCUT2D eigenvalue weighted by atomic mass is 14.6. The number of rotatable bonds is 1. The van der Waals surface area contributed by atoms with Crippen molar-refractivity contribution in [3.8, 4) is 0 Å². The fraction of sp³-hybridized carbons (Fsp3) is 0.167. The van der Waals surface area contributed by atoms with E-state index in [0.29, 0.717) is 5.92 Å². The molecule has 2 heteroatoms. The average molecular weight is 186 g/mol. The molecule has 0 fully saturated rings. The van der Waals surface area contributed by atoms with Crippen molar-refractivity contribution in [2.45, 2.75) is 12.3 Å². The van der Waals surface area contributed by atoms with E-state index in [0.717, 1.165) is 17.8 Å². The highest BCUT2D eigenvalue weighted by Gasteiger charge is 2.09. The van der Waals surface area contributed by atoms with Gasteiger partial charge in [0.05, 0.1) is 0 Å². The Hall–Kier alpha value is -1.70.